The van der Waals surface area contributed by atoms with Crippen LogP contribution in [0.1, 0.15) is 49.4 Å². The Morgan fingerprint density at radius 2 is 2.00 bits per heavy atom. The second kappa shape index (κ2) is 8.28. The number of nitrogens with one attached hydrogen (secondary N) is 2. The summed E-state index contributed by atoms with van der Waals surface area (Å²) in [7, 11) is -3.48. The number of halogens is 3. The second-order valence-electron chi connectivity index (χ2n) is 6.58. The normalized spacial score (nSPS) is 21.2. The predicted molar refractivity (Wildman–Crippen MR) is 93.4 cm³/mol. The maximum atomic E-state index is 12.9. The lowest BCUT2D eigenvalue weighted by atomic mass is 9.85. The molecule has 0 saturated heterocycles. The van der Waals surface area contributed by atoms with E-state index in [1.165, 1.54) is 24.3 Å². The molecule has 146 valence electrons. The summed E-state index contributed by atoms with van der Waals surface area (Å²) in [5.41, 5.74) is 0.457. The summed E-state index contributed by atoms with van der Waals surface area (Å²) in [6.45, 7) is 1.74. The molecule has 5 nitrogen and oxygen atoms in total. The minimum atomic E-state index is -4.25. The predicted octanol–water partition coefficient (Wildman–Crippen LogP) is 3.69. The van der Waals surface area contributed by atoms with Crippen LogP contribution in [-0.2, 0) is 10.0 Å². The van der Waals surface area contributed by atoms with Gasteiger partial charge < -0.3 is 5.32 Å². The third-order valence-electron chi connectivity index (χ3n) is 4.34. The summed E-state index contributed by atoms with van der Waals surface area (Å²) in [6.07, 6.45) is -2.92. The Morgan fingerprint density at radius 1 is 1.27 bits per heavy atom. The van der Waals surface area contributed by atoms with Gasteiger partial charge in [0.15, 0.2) is 0 Å². The van der Waals surface area contributed by atoms with E-state index in [1.54, 1.807) is 6.92 Å². The maximum absolute atomic E-state index is 12.9. The first-order valence-electron chi connectivity index (χ1n) is 8.59. The van der Waals surface area contributed by atoms with E-state index in [0.29, 0.717) is 19.3 Å². The van der Waals surface area contributed by atoms with Crippen molar-refractivity contribution in [3.05, 3.63) is 29.8 Å². The van der Waals surface area contributed by atoms with Crippen LogP contribution in [0.15, 0.2) is 24.3 Å². The minimum Gasteiger partial charge on any atom is -0.349 e. The van der Waals surface area contributed by atoms with Gasteiger partial charge in [0.2, 0.25) is 10.0 Å². The van der Waals surface area contributed by atoms with Gasteiger partial charge in [-0.05, 0) is 43.9 Å². The molecule has 2 N–H and O–H groups in total. The van der Waals surface area contributed by atoms with Crippen LogP contribution in [0, 0.1) is 5.92 Å². The van der Waals surface area contributed by atoms with Crippen molar-refractivity contribution < 1.29 is 26.4 Å². The number of carbonyl (C=O) groups excluding carboxylic acids is 1. The molecule has 0 bridgehead atoms. The van der Waals surface area contributed by atoms with E-state index >= 15 is 0 Å². The van der Waals surface area contributed by atoms with Crippen molar-refractivity contribution in [2.75, 3.05) is 10.5 Å². The molecule has 1 aromatic carbocycles. The third kappa shape index (κ3) is 5.89. The fourth-order valence-corrected chi connectivity index (χ4v) is 4.24. The summed E-state index contributed by atoms with van der Waals surface area (Å²) >= 11 is 0. The van der Waals surface area contributed by atoms with Crippen molar-refractivity contribution in [2.45, 2.75) is 51.2 Å². The average molecular weight is 392 g/mol. The van der Waals surface area contributed by atoms with Gasteiger partial charge in [0.25, 0.3) is 5.91 Å². The molecule has 0 aliphatic heterocycles. The van der Waals surface area contributed by atoms with Gasteiger partial charge in [0.05, 0.1) is 11.7 Å². The maximum Gasteiger partial charge on any atom is 0.391 e. The van der Waals surface area contributed by atoms with Gasteiger partial charge in [-0.15, -0.1) is 0 Å². The third-order valence-corrected chi connectivity index (χ3v) is 5.84. The van der Waals surface area contributed by atoms with Crippen LogP contribution in [0.3, 0.4) is 0 Å². The summed E-state index contributed by atoms with van der Waals surface area (Å²) in [5.74, 6) is -1.94. The van der Waals surface area contributed by atoms with Crippen LogP contribution < -0.4 is 10.0 Å². The molecule has 0 heterocycles. The van der Waals surface area contributed by atoms with Crippen molar-refractivity contribution in [3.63, 3.8) is 0 Å². The molecule has 1 aliphatic rings. The first-order chi connectivity index (χ1) is 12.1. The van der Waals surface area contributed by atoms with Crippen molar-refractivity contribution in [2.24, 2.45) is 5.92 Å². The minimum absolute atomic E-state index is 0.0374. The molecule has 2 rings (SSSR count). The largest absolute Gasteiger partial charge is 0.391 e. The van der Waals surface area contributed by atoms with Gasteiger partial charge in [0, 0.05) is 17.3 Å². The summed E-state index contributed by atoms with van der Waals surface area (Å²) in [6, 6.07) is 5.38. The summed E-state index contributed by atoms with van der Waals surface area (Å²) in [4.78, 5) is 12.3. The lowest BCUT2D eigenvalue weighted by Gasteiger charge is -2.31. The Balaban J connectivity index is 2.02. The molecule has 1 amide bonds. The number of anilines is 1. The molecular weight excluding hydrogens is 369 g/mol. The van der Waals surface area contributed by atoms with Crippen molar-refractivity contribution >= 4 is 21.6 Å². The van der Waals surface area contributed by atoms with E-state index in [4.69, 9.17) is 0 Å². The smallest absolute Gasteiger partial charge is 0.349 e. The van der Waals surface area contributed by atoms with E-state index < -0.39 is 34.1 Å². The van der Waals surface area contributed by atoms with Gasteiger partial charge in [-0.1, -0.05) is 19.4 Å². The van der Waals surface area contributed by atoms with Gasteiger partial charge in [-0.3, -0.25) is 9.52 Å². The van der Waals surface area contributed by atoms with Crippen LogP contribution in [0.25, 0.3) is 0 Å². The van der Waals surface area contributed by atoms with Crippen LogP contribution in [0.5, 0.6) is 0 Å². The SMILES string of the molecule is CCCS(=O)(=O)Nc1cccc(C(=O)N[C@@H]2CCC[C@@H](C(F)(F)F)C2)c1. The van der Waals surface area contributed by atoms with Crippen molar-refractivity contribution in [1.29, 1.82) is 0 Å². The zero-order chi connectivity index (χ0) is 19.4. The number of hydrogen-bond donors (Lipinski definition) is 2. The van der Waals surface area contributed by atoms with Crippen molar-refractivity contribution in [3.8, 4) is 0 Å². The molecule has 26 heavy (non-hydrogen) atoms. The van der Waals surface area contributed by atoms with E-state index in [1.807, 2.05) is 0 Å². The quantitative estimate of drug-likeness (QED) is 0.775. The van der Waals surface area contributed by atoms with Crippen LogP contribution in [0.4, 0.5) is 18.9 Å². The number of hydrogen-bond acceptors (Lipinski definition) is 3. The van der Waals surface area contributed by atoms with Crippen LogP contribution >= 0.6 is 0 Å². The Labute approximate surface area is 151 Å². The molecule has 0 spiro atoms. The monoisotopic (exact) mass is 392 g/mol. The molecule has 1 fully saturated rings. The molecule has 0 unspecified atom stereocenters. The molecule has 1 aliphatic carbocycles. The number of carbonyl (C=O) groups is 1. The van der Waals surface area contributed by atoms with E-state index in [0.717, 1.165) is 0 Å². The number of rotatable bonds is 6. The summed E-state index contributed by atoms with van der Waals surface area (Å²) < 4.78 is 64.6. The standard InChI is InChI=1S/C17H23F3N2O3S/c1-2-9-26(24,25)22-15-8-3-5-12(10-15)16(23)21-14-7-4-6-13(11-14)17(18,19)20/h3,5,8,10,13-14,22H,2,4,6-7,9,11H2,1H3,(H,21,23)/t13-,14-/m1/s1. The second-order valence-corrected chi connectivity index (χ2v) is 8.42. The highest BCUT2D eigenvalue weighted by molar-refractivity contribution is 7.92. The highest BCUT2D eigenvalue weighted by atomic mass is 32.2. The van der Waals surface area contributed by atoms with Crippen molar-refractivity contribution in [1.82, 2.24) is 5.32 Å². The van der Waals surface area contributed by atoms with Gasteiger partial charge >= 0.3 is 6.18 Å². The Bertz CT molecular complexity index is 735. The number of sulfonamides is 1. The first-order valence-corrected chi connectivity index (χ1v) is 10.2. The average Bonchev–Trinajstić information content (AvgIpc) is 2.54. The Hall–Kier alpha value is -1.77. The molecule has 1 aromatic rings. The fourth-order valence-electron chi connectivity index (χ4n) is 3.11. The Morgan fingerprint density at radius 3 is 2.65 bits per heavy atom. The van der Waals surface area contributed by atoms with E-state index in [9.17, 15) is 26.4 Å². The molecule has 2 atom stereocenters. The molecule has 9 heteroatoms. The number of benzene rings is 1. The van der Waals surface area contributed by atoms with Gasteiger partial charge in [-0.25, -0.2) is 8.42 Å². The molecule has 0 radical (unpaired) electrons. The highest BCUT2D eigenvalue weighted by Crippen LogP contribution is 2.37. The van der Waals surface area contributed by atoms with Crippen LogP contribution in [-0.4, -0.2) is 32.3 Å². The number of alkyl halides is 3. The number of amides is 1. The molecule has 0 aromatic heterocycles. The van der Waals surface area contributed by atoms with Gasteiger partial charge in [0.1, 0.15) is 0 Å². The zero-order valence-electron chi connectivity index (χ0n) is 14.5. The zero-order valence-corrected chi connectivity index (χ0v) is 15.3. The van der Waals surface area contributed by atoms with Crippen LogP contribution in [0.2, 0.25) is 0 Å². The van der Waals surface area contributed by atoms with E-state index in [2.05, 4.69) is 10.0 Å². The summed E-state index contributed by atoms with van der Waals surface area (Å²) in [5, 5.41) is 2.64. The fraction of sp³-hybridized carbons (Fsp3) is 0.588. The van der Waals surface area contributed by atoms with E-state index in [-0.39, 0.29) is 29.8 Å². The lowest BCUT2D eigenvalue weighted by Crippen LogP contribution is -2.41. The first kappa shape index (κ1) is 20.5. The topological polar surface area (TPSA) is 75.3 Å². The highest BCUT2D eigenvalue weighted by Gasteiger charge is 2.42. The van der Waals surface area contributed by atoms with Gasteiger partial charge in [-0.2, -0.15) is 13.2 Å². The lowest BCUT2D eigenvalue weighted by molar-refractivity contribution is -0.183. The molecular formula is C17H23F3N2O3S. The molecule has 1 saturated carbocycles. The Kier molecular flexibility index (Phi) is 6.54.